The fourth-order valence-corrected chi connectivity index (χ4v) is 2.15. The average molecular weight is 268 g/mol. The largest absolute Gasteiger partial charge is 0.487 e. The molecule has 4 heteroatoms. The molecular weight excluding hydrogens is 252 g/mol. The molecule has 0 fully saturated rings. The molecular formula is C16H16N2O2. The van der Waals surface area contributed by atoms with E-state index in [0.29, 0.717) is 12.5 Å². The Balaban J connectivity index is 1.84. The van der Waals surface area contributed by atoms with Crippen LogP contribution in [0.3, 0.4) is 0 Å². The first kappa shape index (κ1) is 12.7. The highest BCUT2D eigenvalue weighted by Gasteiger charge is 2.07. The Morgan fingerprint density at radius 3 is 3.00 bits per heavy atom. The number of hydrogen-bond acceptors (Lipinski definition) is 4. The van der Waals surface area contributed by atoms with E-state index in [-0.39, 0.29) is 0 Å². The minimum atomic E-state index is 0.507. The molecule has 1 aromatic carbocycles. The smallest absolute Gasteiger partial charge is 0.232 e. The molecule has 2 aromatic rings. The number of nitrogens with zero attached hydrogens (tertiary/aromatic N) is 2. The van der Waals surface area contributed by atoms with Gasteiger partial charge in [-0.1, -0.05) is 24.3 Å². The van der Waals surface area contributed by atoms with E-state index in [1.54, 1.807) is 13.3 Å². The number of methoxy groups -OCH3 is 1. The Bertz CT molecular complexity index is 677. The molecule has 0 radical (unpaired) electrons. The van der Waals surface area contributed by atoms with Crippen molar-refractivity contribution in [2.24, 2.45) is 0 Å². The van der Waals surface area contributed by atoms with Gasteiger partial charge in [0.05, 0.1) is 18.8 Å². The minimum absolute atomic E-state index is 0.507. The lowest BCUT2D eigenvalue weighted by Gasteiger charge is -2.11. The van der Waals surface area contributed by atoms with E-state index >= 15 is 0 Å². The molecule has 0 bridgehead atoms. The predicted molar refractivity (Wildman–Crippen MR) is 78.0 cm³/mol. The van der Waals surface area contributed by atoms with Gasteiger partial charge in [0.15, 0.2) is 0 Å². The molecule has 0 unspecified atom stereocenters. The average Bonchev–Trinajstić information content (AvgIpc) is 2.53. The summed E-state index contributed by atoms with van der Waals surface area (Å²) in [5.41, 5.74) is 2.73. The highest BCUT2D eigenvalue weighted by Crippen LogP contribution is 2.24. The SMILES string of the molecule is COc1cnc2c(OCC3=CCCC=C3)cccc2n1. The van der Waals surface area contributed by atoms with Gasteiger partial charge in [0.2, 0.25) is 5.88 Å². The van der Waals surface area contributed by atoms with Crippen molar-refractivity contribution in [2.45, 2.75) is 12.8 Å². The van der Waals surface area contributed by atoms with Crippen molar-refractivity contribution in [1.29, 1.82) is 0 Å². The molecule has 1 aliphatic rings. The van der Waals surface area contributed by atoms with Crippen LogP contribution in [-0.4, -0.2) is 23.7 Å². The molecule has 1 heterocycles. The summed E-state index contributed by atoms with van der Waals surface area (Å²) in [7, 11) is 1.58. The van der Waals surface area contributed by atoms with Gasteiger partial charge in [-0.25, -0.2) is 9.97 Å². The molecule has 0 saturated heterocycles. The van der Waals surface area contributed by atoms with Crippen LogP contribution in [-0.2, 0) is 0 Å². The number of rotatable bonds is 4. The van der Waals surface area contributed by atoms with Gasteiger partial charge in [-0.15, -0.1) is 0 Å². The van der Waals surface area contributed by atoms with Crippen molar-refractivity contribution in [2.75, 3.05) is 13.7 Å². The Kier molecular flexibility index (Phi) is 3.63. The number of benzene rings is 1. The van der Waals surface area contributed by atoms with Crippen LogP contribution in [0.5, 0.6) is 11.6 Å². The van der Waals surface area contributed by atoms with Crippen LogP contribution in [0.25, 0.3) is 11.0 Å². The highest BCUT2D eigenvalue weighted by atomic mass is 16.5. The number of para-hydroxylation sites is 1. The van der Waals surface area contributed by atoms with Gasteiger partial charge in [-0.3, -0.25) is 0 Å². The molecule has 0 saturated carbocycles. The molecule has 0 spiro atoms. The lowest BCUT2D eigenvalue weighted by Crippen LogP contribution is -2.02. The van der Waals surface area contributed by atoms with E-state index in [1.807, 2.05) is 18.2 Å². The van der Waals surface area contributed by atoms with E-state index in [9.17, 15) is 0 Å². The number of ether oxygens (including phenoxy) is 2. The van der Waals surface area contributed by atoms with Crippen LogP contribution in [0.15, 0.2) is 48.2 Å². The van der Waals surface area contributed by atoms with Gasteiger partial charge in [-0.05, 0) is 30.5 Å². The first-order valence-corrected chi connectivity index (χ1v) is 6.65. The van der Waals surface area contributed by atoms with Crippen LogP contribution in [0, 0.1) is 0 Å². The molecule has 1 aliphatic carbocycles. The van der Waals surface area contributed by atoms with Crippen molar-refractivity contribution < 1.29 is 9.47 Å². The Morgan fingerprint density at radius 2 is 2.20 bits per heavy atom. The van der Waals surface area contributed by atoms with Crippen molar-refractivity contribution in [3.8, 4) is 11.6 Å². The maximum absolute atomic E-state index is 5.87. The fraction of sp³-hybridized carbons (Fsp3) is 0.250. The summed E-state index contributed by atoms with van der Waals surface area (Å²) in [5.74, 6) is 1.25. The molecule has 0 amide bonds. The topological polar surface area (TPSA) is 44.2 Å². The summed E-state index contributed by atoms with van der Waals surface area (Å²) in [4.78, 5) is 8.72. The minimum Gasteiger partial charge on any atom is -0.487 e. The van der Waals surface area contributed by atoms with E-state index in [4.69, 9.17) is 9.47 Å². The molecule has 0 atom stereocenters. The molecule has 4 nitrogen and oxygen atoms in total. The summed E-state index contributed by atoms with van der Waals surface area (Å²) in [6, 6.07) is 5.73. The molecule has 102 valence electrons. The van der Waals surface area contributed by atoms with Gasteiger partial charge < -0.3 is 9.47 Å². The van der Waals surface area contributed by atoms with Crippen LogP contribution in [0.4, 0.5) is 0 Å². The van der Waals surface area contributed by atoms with E-state index < -0.39 is 0 Å². The third-order valence-corrected chi connectivity index (χ3v) is 3.19. The summed E-state index contributed by atoms with van der Waals surface area (Å²) in [6.07, 6.45) is 10.3. The van der Waals surface area contributed by atoms with Crippen molar-refractivity contribution >= 4 is 11.0 Å². The Labute approximate surface area is 117 Å². The molecule has 3 rings (SSSR count). The quantitative estimate of drug-likeness (QED) is 0.853. The van der Waals surface area contributed by atoms with Crippen LogP contribution in [0.1, 0.15) is 12.8 Å². The second-order valence-corrected chi connectivity index (χ2v) is 4.58. The molecule has 0 N–H and O–H groups in total. The molecule has 20 heavy (non-hydrogen) atoms. The number of allylic oxidation sites excluding steroid dienone is 2. The maximum atomic E-state index is 5.87. The lowest BCUT2D eigenvalue weighted by molar-refractivity contribution is 0.358. The van der Waals surface area contributed by atoms with Crippen LogP contribution >= 0.6 is 0 Å². The summed E-state index contributed by atoms with van der Waals surface area (Å²) >= 11 is 0. The van der Waals surface area contributed by atoms with Crippen LogP contribution in [0.2, 0.25) is 0 Å². The third-order valence-electron chi connectivity index (χ3n) is 3.19. The lowest BCUT2D eigenvalue weighted by atomic mass is 10.1. The first-order valence-electron chi connectivity index (χ1n) is 6.65. The normalized spacial score (nSPS) is 14.2. The molecule has 1 aromatic heterocycles. The first-order chi connectivity index (χ1) is 9.86. The zero-order chi connectivity index (χ0) is 13.8. The Morgan fingerprint density at radius 1 is 1.25 bits per heavy atom. The zero-order valence-electron chi connectivity index (χ0n) is 11.4. The maximum Gasteiger partial charge on any atom is 0.232 e. The van der Waals surface area contributed by atoms with Crippen molar-refractivity contribution in [3.63, 3.8) is 0 Å². The predicted octanol–water partition coefficient (Wildman–Crippen LogP) is 3.29. The standard InChI is InChI=1S/C16H16N2O2/c1-19-15-10-17-16-13(18-15)8-5-9-14(16)20-11-12-6-3-2-4-7-12/h3,5-10H,2,4,11H2,1H3. The summed E-state index contributed by atoms with van der Waals surface area (Å²) in [6.45, 7) is 0.559. The second-order valence-electron chi connectivity index (χ2n) is 4.58. The van der Waals surface area contributed by atoms with Crippen molar-refractivity contribution in [1.82, 2.24) is 9.97 Å². The van der Waals surface area contributed by atoms with Gasteiger partial charge in [0.25, 0.3) is 0 Å². The van der Waals surface area contributed by atoms with Gasteiger partial charge in [0.1, 0.15) is 17.9 Å². The van der Waals surface area contributed by atoms with Crippen molar-refractivity contribution in [3.05, 3.63) is 48.2 Å². The monoisotopic (exact) mass is 268 g/mol. The van der Waals surface area contributed by atoms with Gasteiger partial charge in [0, 0.05) is 0 Å². The fourth-order valence-electron chi connectivity index (χ4n) is 2.15. The second kappa shape index (κ2) is 5.74. The number of aromatic nitrogens is 2. The zero-order valence-corrected chi connectivity index (χ0v) is 11.4. The number of fused-ring (bicyclic) bond motifs is 1. The van der Waals surface area contributed by atoms with Gasteiger partial charge in [-0.2, -0.15) is 0 Å². The summed E-state index contributed by atoms with van der Waals surface area (Å²) in [5, 5.41) is 0. The van der Waals surface area contributed by atoms with Gasteiger partial charge >= 0.3 is 0 Å². The third kappa shape index (κ3) is 2.64. The number of hydrogen-bond donors (Lipinski definition) is 0. The highest BCUT2D eigenvalue weighted by molar-refractivity contribution is 5.81. The molecule has 0 aliphatic heterocycles. The van der Waals surface area contributed by atoms with E-state index in [0.717, 1.165) is 29.6 Å². The summed E-state index contributed by atoms with van der Waals surface area (Å²) < 4.78 is 11.0. The van der Waals surface area contributed by atoms with Crippen LogP contribution < -0.4 is 9.47 Å². The van der Waals surface area contributed by atoms with E-state index in [2.05, 4.69) is 28.2 Å². The Hall–Kier alpha value is -2.36. The van der Waals surface area contributed by atoms with E-state index in [1.165, 1.54) is 5.57 Å².